The SMILES string of the molecule is N/C(=C\NC1C(O)C(S)OC(CO)C1O)c1cc(F)c(F)c(F)c1. The van der Waals surface area contributed by atoms with Gasteiger partial charge in [-0.3, -0.25) is 0 Å². The first-order chi connectivity index (χ1) is 11.3. The highest BCUT2D eigenvalue weighted by molar-refractivity contribution is 7.80. The van der Waals surface area contributed by atoms with Gasteiger partial charge in [-0.25, -0.2) is 13.2 Å². The zero-order chi connectivity index (χ0) is 18.0. The highest BCUT2D eigenvalue weighted by Crippen LogP contribution is 2.24. The standard InChI is InChI=1S/C14H17F3N2O4S/c15-6-1-5(2-7(16)10(6)17)8(18)3-19-11-12(21)9(4-20)23-14(24)13(11)22/h1-3,9,11-14,19-22,24H,4,18H2/b8-3-. The molecule has 0 spiro atoms. The van der Waals surface area contributed by atoms with Crippen LogP contribution in [0, 0.1) is 17.5 Å². The minimum atomic E-state index is -1.61. The van der Waals surface area contributed by atoms with Crippen LogP contribution in [0.5, 0.6) is 0 Å². The number of aliphatic hydroxyl groups excluding tert-OH is 3. The van der Waals surface area contributed by atoms with Crippen molar-refractivity contribution in [2.24, 2.45) is 5.73 Å². The predicted molar refractivity (Wildman–Crippen MR) is 82.2 cm³/mol. The Morgan fingerprint density at radius 1 is 1.25 bits per heavy atom. The molecule has 5 unspecified atom stereocenters. The van der Waals surface area contributed by atoms with Crippen molar-refractivity contribution in [3.05, 3.63) is 41.3 Å². The molecule has 0 saturated carbocycles. The molecule has 0 radical (unpaired) electrons. The number of nitrogens with two attached hydrogens (primary N) is 1. The first-order valence-electron chi connectivity index (χ1n) is 6.93. The van der Waals surface area contributed by atoms with Gasteiger partial charge in [0.1, 0.15) is 23.7 Å². The predicted octanol–water partition coefficient (Wildman–Crippen LogP) is -0.312. The van der Waals surface area contributed by atoms with E-state index in [9.17, 15) is 23.4 Å². The lowest BCUT2D eigenvalue weighted by Gasteiger charge is -2.40. The smallest absolute Gasteiger partial charge is 0.194 e. The van der Waals surface area contributed by atoms with Gasteiger partial charge in [0.25, 0.3) is 0 Å². The highest BCUT2D eigenvalue weighted by Gasteiger charge is 2.42. The molecule has 1 heterocycles. The molecule has 1 saturated heterocycles. The molecule has 10 heteroatoms. The summed E-state index contributed by atoms with van der Waals surface area (Å²) in [4.78, 5) is 0. The normalized spacial score (nSPS) is 31.1. The summed E-state index contributed by atoms with van der Waals surface area (Å²) in [5.74, 6) is -4.41. The number of halogens is 3. The van der Waals surface area contributed by atoms with Gasteiger partial charge in [0.15, 0.2) is 17.5 Å². The fourth-order valence-electron chi connectivity index (χ4n) is 2.29. The summed E-state index contributed by atoms with van der Waals surface area (Å²) in [6.07, 6.45) is -2.43. The molecule has 1 aliphatic heterocycles. The maximum atomic E-state index is 13.2. The van der Waals surface area contributed by atoms with Gasteiger partial charge in [0.2, 0.25) is 0 Å². The average molecular weight is 366 g/mol. The van der Waals surface area contributed by atoms with Crippen molar-refractivity contribution in [3.8, 4) is 0 Å². The van der Waals surface area contributed by atoms with Gasteiger partial charge in [0, 0.05) is 11.8 Å². The fraction of sp³-hybridized carbons (Fsp3) is 0.429. The second-order valence-electron chi connectivity index (χ2n) is 5.27. The van der Waals surface area contributed by atoms with Crippen LogP contribution < -0.4 is 11.1 Å². The Labute approximate surface area is 141 Å². The van der Waals surface area contributed by atoms with E-state index in [0.717, 1.165) is 6.20 Å². The Balaban J connectivity index is 2.19. The molecule has 0 aliphatic carbocycles. The van der Waals surface area contributed by atoms with Crippen LogP contribution in [0.25, 0.3) is 5.70 Å². The van der Waals surface area contributed by atoms with Crippen molar-refractivity contribution >= 4 is 18.3 Å². The Morgan fingerprint density at radius 3 is 2.38 bits per heavy atom. The molecule has 0 aromatic heterocycles. The number of hydrogen-bond donors (Lipinski definition) is 6. The quantitative estimate of drug-likeness (QED) is 0.322. The van der Waals surface area contributed by atoms with Crippen LogP contribution in [-0.2, 0) is 4.74 Å². The van der Waals surface area contributed by atoms with Crippen molar-refractivity contribution in [2.75, 3.05) is 6.61 Å². The molecular weight excluding hydrogens is 349 g/mol. The third kappa shape index (κ3) is 3.78. The summed E-state index contributed by atoms with van der Waals surface area (Å²) in [6.45, 7) is -0.503. The van der Waals surface area contributed by atoms with Crippen molar-refractivity contribution in [1.29, 1.82) is 0 Å². The van der Waals surface area contributed by atoms with Crippen LogP contribution in [0.1, 0.15) is 5.56 Å². The van der Waals surface area contributed by atoms with E-state index in [2.05, 4.69) is 17.9 Å². The second kappa shape index (κ2) is 7.62. The zero-order valence-electron chi connectivity index (χ0n) is 12.2. The van der Waals surface area contributed by atoms with E-state index in [-0.39, 0.29) is 11.3 Å². The summed E-state index contributed by atoms with van der Waals surface area (Å²) in [7, 11) is 0. The largest absolute Gasteiger partial charge is 0.397 e. The van der Waals surface area contributed by atoms with Crippen LogP contribution >= 0.6 is 12.6 Å². The summed E-state index contributed by atoms with van der Waals surface area (Å²) in [5.41, 5.74) is 4.41. The van der Waals surface area contributed by atoms with E-state index < -0.39 is 53.8 Å². The summed E-state index contributed by atoms with van der Waals surface area (Å²) in [5, 5.41) is 31.8. The molecule has 5 atom stereocenters. The van der Waals surface area contributed by atoms with Gasteiger partial charge in [-0.2, -0.15) is 0 Å². The van der Waals surface area contributed by atoms with Crippen molar-refractivity contribution in [3.63, 3.8) is 0 Å². The van der Waals surface area contributed by atoms with E-state index in [4.69, 9.17) is 15.6 Å². The molecule has 134 valence electrons. The first-order valence-corrected chi connectivity index (χ1v) is 7.45. The maximum Gasteiger partial charge on any atom is 0.194 e. The van der Waals surface area contributed by atoms with E-state index in [0.29, 0.717) is 12.1 Å². The molecule has 1 fully saturated rings. The Morgan fingerprint density at radius 2 is 1.83 bits per heavy atom. The number of ether oxygens (including phenoxy) is 1. The Bertz CT molecular complexity index is 611. The average Bonchev–Trinajstić information content (AvgIpc) is 2.55. The van der Waals surface area contributed by atoms with Gasteiger partial charge in [-0.05, 0) is 12.1 Å². The fourth-order valence-corrected chi connectivity index (χ4v) is 2.63. The van der Waals surface area contributed by atoms with Gasteiger partial charge >= 0.3 is 0 Å². The maximum absolute atomic E-state index is 13.2. The number of thiol groups is 1. The molecule has 0 amide bonds. The van der Waals surface area contributed by atoms with E-state index >= 15 is 0 Å². The van der Waals surface area contributed by atoms with Gasteiger partial charge in [0.05, 0.1) is 18.3 Å². The molecular formula is C14H17F3N2O4S. The van der Waals surface area contributed by atoms with Crippen LogP contribution in [0.2, 0.25) is 0 Å². The molecule has 6 nitrogen and oxygen atoms in total. The highest BCUT2D eigenvalue weighted by atomic mass is 32.1. The van der Waals surface area contributed by atoms with Crippen molar-refractivity contribution < 1.29 is 33.2 Å². The van der Waals surface area contributed by atoms with Crippen LogP contribution in [0.15, 0.2) is 18.3 Å². The Kier molecular flexibility index (Phi) is 5.99. The number of rotatable bonds is 4. The lowest BCUT2D eigenvalue weighted by molar-refractivity contribution is -0.164. The molecule has 0 bridgehead atoms. The third-order valence-electron chi connectivity index (χ3n) is 3.65. The van der Waals surface area contributed by atoms with Crippen LogP contribution in [-0.4, -0.2) is 51.7 Å². The van der Waals surface area contributed by atoms with E-state index in [1.807, 2.05) is 0 Å². The Hall–Kier alpha value is -1.46. The number of hydrogen-bond acceptors (Lipinski definition) is 7. The summed E-state index contributed by atoms with van der Waals surface area (Å²) < 4.78 is 44.5. The zero-order valence-corrected chi connectivity index (χ0v) is 13.1. The number of benzene rings is 1. The molecule has 24 heavy (non-hydrogen) atoms. The lowest BCUT2D eigenvalue weighted by atomic mass is 9.97. The molecule has 1 aromatic rings. The van der Waals surface area contributed by atoms with Gasteiger partial charge in [-0.1, -0.05) is 0 Å². The van der Waals surface area contributed by atoms with E-state index in [1.54, 1.807) is 0 Å². The van der Waals surface area contributed by atoms with Crippen LogP contribution in [0.4, 0.5) is 13.2 Å². The van der Waals surface area contributed by atoms with Crippen molar-refractivity contribution in [2.45, 2.75) is 29.8 Å². The van der Waals surface area contributed by atoms with E-state index in [1.165, 1.54) is 0 Å². The lowest BCUT2D eigenvalue weighted by Crippen LogP contribution is -2.61. The third-order valence-corrected chi connectivity index (χ3v) is 4.08. The summed E-state index contributed by atoms with van der Waals surface area (Å²) >= 11 is 3.99. The van der Waals surface area contributed by atoms with Crippen LogP contribution in [0.3, 0.4) is 0 Å². The topological polar surface area (TPSA) is 108 Å². The molecule has 6 N–H and O–H groups in total. The number of nitrogens with one attached hydrogen (secondary N) is 1. The molecule has 1 aromatic carbocycles. The minimum absolute atomic E-state index is 0.129. The van der Waals surface area contributed by atoms with Crippen molar-refractivity contribution in [1.82, 2.24) is 5.32 Å². The van der Waals surface area contributed by atoms with Gasteiger partial charge < -0.3 is 31.1 Å². The monoisotopic (exact) mass is 366 g/mol. The summed E-state index contributed by atoms with van der Waals surface area (Å²) in [6, 6.07) is 0.411. The first kappa shape index (κ1) is 18.9. The molecule has 1 aliphatic rings. The minimum Gasteiger partial charge on any atom is -0.397 e. The number of aliphatic hydroxyl groups is 3. The molecule has 2 rings (SSSR count). The second-order valence-corrected chi connectivity index (χ2v) is 5.78. The van der Waals surface area contributed by atoms with Gasteiger partial charge in [-0.15, -0.1) is 12.6 Å².